The van der Waals surface area contributed by atoms with Crippen LogP contribution in [-0.4, -0.2) is 85.6 Å². The fraction of sp³-hybridized carbons (Fsp3) is 0.593. The van der Waals surface area contributed by atoms with Crippen molar-refractivity contribution in [3.05, 3.63) is 35.5 Å². The number of carbonyl (C=O) groups is 3. The Morgan fingerprint density at radius 1 is 1.22 bits per heavy atom. The number of aromatic nitrogens is 1. The molecule has 4 heterocycles. The molecular weight excluding hydrogens is 460 g/mol. The van der Waals surface area contributed by atoms with Crippen molar-refractivity contribution in [2.75, 3.05) is 53.1 Å². The highest BCUT2D eigenvalue weighted by Crippen LogP contribution is 2.50. The second-order valence-corrected chi connectivity index (χ2v) is 10.2. The van der Waals surface area contributed by atoms with Crippen LogP contribution in [0.25, 0.3) is 10.9 Å². The van der Waals surface area contributed by atoms with Crippen molar-refractivity contribution in [3.8, 4) is 0 Å². The molecule has 1 unspecified atom stereocenters. The molecule has 9 heteroatoms. The lowest BCUT2D eigenvalue weighted by Crippen LogP contribution is -2.65. The number of nitrogens with one attached hydrogen (secondary N) is 2. The van der Waals surface area contributed by atoms with Gasteiger partial charge in [0, 0.05) is 68.8 Å². The summed E-state index contributed by atoms with van der Waals surface area (Å²) >= 11 is 0. The molecule has 2 aromatic rings. The first-order valence-corrected chi connectivity index (χ1v) is 13.0. The van der Waals surface area contributed by atoms with Crippen molar-refractivity contribution in [1.29, 1.82) is 0 Å². The zero-order valence-electron chi connectivity index (χ0n) is 21.2. The number of methoxy groups -OCH3 is 1. The third-order valence-electron chi connectivity index (χ3n) is 8.18. The fourth-order valence-electron chi connectivity index (χ4n) is 6.28. The lowest BCUT2D eigenvalue weighted by atomic mass is 9.67. The van der Waals surface area contributed by atoms with Gasteiger partial charge in [0.2, 0.25) is 17.7 Å². The average molecular weight is 497 g/mol. The number of H-pyrrole nitrogens is 1. The molecule has 1 aromatic heterocycles. The number of ether oxygens (including phenoxy) is 2. The molecule has 0 saturated carbocycles. The highest BCUT2D eigenvalue weighted by atomic mass is 16.5. The molecule has 2 N–H and O–H groups in total. The number of nitrogens with zero attached hydrogens (tertiary/aromatic N) is 2. The van der Waals surface area contributed by atoms with E-state index in [0.29, 0.717) is 58.8 Å². The van der Waals surface area contributed by atoms with Gasteiger partial charge in [0.05, 0.1) is 24.7 Å². The van der Waals surface area contributed by atoms with E-state index in [9.17, 15) is 14.4 Å². The van der Waals surface area contributed by atoms with Gasteiger partial charge in [0.25, 0.3) is 0 Å². The Hall–Kier alpha value is -2.91. The molecule has 0 radical (unpaired) electrons. The van der Waals surface area contributed by atoms with E-state index in [-0.39, 0.29) is 24.1 Å². The van der Waals surface area contributed by atoms with Crippen molar-refractivity contribution < 1.29 is 23.9 Å². The Labute approximate surface area is 211 Å². The molecule has 1 aromatic carbocycles. The molecule has 9 nitrogen and oxygen atoms in total. The standard InChI is InChI=1S/C27H36N4O5/c1-27-21(26(34)30-11-14-36-15-12-30)16-18(17-23(32)28-9-5-13-35-2)25(33)31(27)10-8-20-19-6-3-4-7-22(19)29-24(20)27/h3-4,6-7,18,21,29H,5,8-17H2,1-2H3,(H,28,32)/t18?,21-,27+/m1/s1. The van der Waals surface area contributed by atoms with Gasteiger partial charge in [-0.05, 0) is 37.8 Å². The summed E-state index contributed by atoms with van der Waals surface area (Å²) in [5.74, 6) is -1.14. The van der Waals surface area contributed by atoms with Gasteiger partial charge in [-0.3, -0.25) is 14.4 Å². The van der Waals surface area contributed by atoms with Crippen molar-refractivity contribution in [3.63, 3.8) is 0 Å². The number of rotatable bonds is 7. The summed E-state index contributed by atoms with van der Waals surface area (Å²) in [5, 5.41) is 4.05. The summed E-state index contributed by atoms with van der Waals surface area (Å²) in [5.41, 5.74) is 2.36. The highest BCUT2D eigenvalue weighted by molar-refractivity contribution is 5.93. The number of amides is 3. The van der Waals surface area contributed by atoms with Crippen LogP contribution in [0.4, 0.5) is 0 Å². The molecule has 3 aliphatic rings. The second kappa shape index (κ2) is 10.2. The SMILES string of the molecule is COCCCNC(=O)CC1C[C@H](C(=O)N2CCOCC2)[C@@]2(C)c3[nH]c4ccccc4c3CCN2C1=O. The lowest BCUT2D eigenvalue weighted by molar-refractivity contribution is -0.166. The van der Waals surface area contributed by atoms with Crippen molar-refractivity contribution in [2.45, 2.75) is 38.1 Å². The second-order valence-electron chi connectivity index (χ2n) is 10.2. The molecule has 0 aliphatic carbocycles. The lowest BCUT2D eigenvalue weighted by Gasteiger charge is -2.54. The molecule has 2 fully saturated rings. The van der Waals surface area contributed by atoms with Crippen LogP contribution >= 0.6 is 0 Å². The van der Waals surface area contributed by atoms with Gasteiger partial charge in [-0.15, -0.1) is 0 Å². The zero-order valence-corrected chi connectivity index (χ0v) is 21.2. The Bertz CT molecular complexity index is 1140. The predicted molar refractivity (Wildman–Crippen MR) is 134 cm³/mol. The van der Waals surface area contributed by atoms with Gasteiger partial charge >= 0.3 is 0 Å². The molecular formula is C27H36N4O5. The first-order chi connectivity index (χ1) is 17.4. The third-order valence-corrected chi connectivity index (χ3v) is 8.18. The average Bonchev–Trinajstić information content (AvgIpc) is 3.28. The van der Waals surface area contributed by atoms with Crippen LogP contribution in [0, 0.1) is 11.8 Å². The van der Waals surface area contributed by atoms with Crippen LogP contribution in [0.5, 0.6) is 0 Å². The quantitative estimate of drug-likeness (QED) is 0.569. The predicted octanol–water partition coefficient (Wildman–Crippen LogP) is 1.81. The minimum Gasteiger partial charge on any atom is -0.385 e. The summed E-state index contributed by atoms with van der Waals surface area (Å²) < 4.78 is 10.5. The topological polar surface area (TPSA) is 104 Å². The van der Waals surface area contributed by atoms with Crippen molar-refractivity contribution in [1.82, 2.24) is 20.1 Å². The first-order valence-electron chi connectivity index (χ1n) is 13.0. The van der Waals surface area contributed by atoms with E-state index >= 15 is 0 Å². The summed E-state index contributed by atoms with van der Waals surface area (Å²) in [7, 11) is 1.63. The van der Waals surface area contributed by atoms with Gasteiger partial charge < -0.3 is 29.6 Å². The van der Waals surface area contributed by atoms with Gasteiger partial charge in [0.15, 0.2) is 0 Å². The van der Waals surface area contributed by atoms with Crippen LogP contribution in [0.15, 0.2) is 24.3 Å². The van der Waals surface area contributed by atoms with E-state index in [1.807, 2.05) is 34.9 Å². The molecule has 0 spiro atoms. The Morgan fingerprint density at radius 2 is 2.00 bits per heavy atom. The molecule has 2 saturated heterocycles. The maximum Gasteiger partial charge on any atom is 0.228 e. The Morgan fingerprint density at radius 3 is 2.78 bits per heavy atom. The maximum absolute atomic E-state index is 14.0. The molecule has 3 aliphatic heterocycles. The van der Waals surface area contributed by atoms with Gasteiger partial charge in [-0.25, -0.2) is 0 Å². The van der Waals surface area contributed by atoms with Crippen LogP contribution in [0.3, 0.4) is 0 Å². The van der Waals surface area contributed by atoms with E-state index in [1.54, 1.807) is 7.11 Å². The Kier molecular flexibility index (Phi) is 7.03. The Balaban J connectivity index is 1.47. The molecule has 194 valence electrons. The minimum absolute atomic E-state index is 0.0373. The van der Waals surface area contributed by atoms with Gasteiger partial charge in [0.1, 0.15) is 0 Å². The number of benzene rings is 1. The van der Waals surface area contributed by atoms with Crippen LogP contribution in [0.2, 0.25) is 0 Å². The summed E-state index contributed by atoms with van der Waals surface area (Å²) in [6.07, 6.45) is 1.87. The van der Waals surface area contributed by atoms with Crippen LogP contribution in [0.1, 0.15) is 37.4 Å². The highest BCUT2D eigenvalue weighted by Gasteiger charge is 2.57. The molecule has 5 rings (SSSR count). The summed E-state index contributed by atoms with van der Waals surface area (Å²) in [6.45, 7) is 5.76. The largest absolute Gasteiger partial charge is 0.385 e. The number of aromatic amines is 1. The molecule has 3 atom stereocenters. The number of carbonyl (C=O) groups excluding carboxylic acids is 3. The van der Waals surface area contributed by atoms with Crippen molar-refractivity contribution in [2.24, 2.45) is 11.8 Å². The van der Waals surface area contributed by atoms with E-state index in [0.717, 1.165) is 23.0 Å². The number of piperidine rings is 1. The van der Waals surface area contributed by atoms with E-state index < -0.39 is 17.4 Å². The van der Waals surface area contributed by atoms with Gasteiger partial charge in [-0.1, -0.05) is 18.2 Å². The van der Waals surface area contributed by atoms with Gasteiger partial charge in [-0.2, -0.15) is 0 Å². The maximum atomic E-state index is 14.0. The number of morpholine rings is 1. The number of fused-ring (bicyclic) bond motifs is 5. The molecule has 0 bridgehead atoms. The fourth-order valence-corrected chi connectivity index (χ4v) is 6.28. The van der Waals surface area contributed by atoms with Crippen LogP contribution < -0.4 is 5.32 Å². The monoisotopic (exact) mass is 496 g/mol. The first kappa shape index (κ1) is 24.8. The molecule has 36 heavy (non-hydrogen) atoms. The number of hydrogen-bond acceptors (Lipinski definition) is 5. The smallest absolute Gasteiger partial charge is 0.228 e. The van der Waals surface area contributed by atoms with E-state index in [1.165, 1.54) is 5.56 Å². The molecule has 3 amide bonds. The summed E-state index contributed by atoms with van der Waals surface area (Å²) in [4.78, 5) is 47.9. The van der Waals surface area contributed by atoms with Crippen LogP contribution in [-0.2, 0) is 35.8 Å². The van der Waals surface area contributed by atoms with Crippen molar-refractivity contribution >= 4 is 28.6 Å². The van der Waals surface area contributed by atoms with E-state index in [2.05, 4.69) is 16.4 Å². The minimum atomic E-state index is -0.801. The van der Waals surface area contributed by atoms with E-state index in [4.69, 9.17) is 9.47 Å². The normalized spacial score (nSPS) is 26.0. The number of hydrogen-bond donors (Lipinski definition) is 2. The number of para-hydroxylation sites is 1. The third kappa shape index (κ3) is 4.28. The summed E-state index contributed by atoms with van der Waals surface area (Å²) in [6, 6.07) is 8.16. The zero-order chi connectivity index (χ0) is 25.3.